The Morgan fingerprint density at radius 2 is 2.05 bits per heavy atom. The number of nitrogens with one attached hydrogen (secondary N) is 1. The summed E-state index contributed by atoms with van der Waals surface area (Å²) in [5.41, 5.74) is 0.849. The second kappa shape index (κ2) is 6.04. The number of hydrogen-bond acceptors (Lipinski definition) is 6. The standard InChI is InChI=1S/C15H17NO6/c1-8(17)16-11-12(18)13(22-14(11)19)10-7-20-15(21-10)9-5-3-2-4-6-9/h2-6,10-13,15,18H,7H2,1H3,(H,16,17)/t10-,11+,12-,13-,15?/m1/s1. The highest BCUT2D eigenvalue weighted by Gasteiger charge is 2.50. The van der Waals surface area contributed by atoms with E-state index >= 15 is 0 Å². The van der Waals surface area contributed by atoms with Gasteiger partial charge in [0.15, 0.2) is 18.4 Å². The highest BCUT2D eigenvalue weighted by Crippen LogP contribution is 2.32. The fourth-order valence-corrected chi connectivity index (χ4v) is 2.64. The molecule has 0 aliphatic carbocycles. The van der Waals surface area contributed by atoms with Gasteiger partial charge >= 0.3 is 5.97 Å². The van der Waals surface area contributed by atoms with E-state index in [1.807, 2.05) is 30.3 Å². The third-order valence-corrected chi connectivity index (χ3v) is 3.69. The van der Waals surface area contributed by atoms with Crippen LogP contribution in [0.25, 0.3) is 0 Å². The molecule has 0 aromatic heterocycles. The van der Waals surface area contributed by atoms with Crippen molar-refractivity contribution < 1.29 is 28.9 Å². The molecule has 118 valence electrons. The smallest absolute Gasteiger partial charge is 0.331 e. The number of aliphatic hydroxyl groups excluding tert-OH is 1. The van der Waals surface area contributed by atoms with Gasteiger partial charge in [-0.2, -0.15) is 0 Å². The summed E-state index contributed by atoms with van der Waals surface area (Å²) in [4.78, 5) is 22.8. The molecule has 3 rings (SSSR count). The van der Waals surface area contributed by atoms with E-state index in [-0.39, 0.29) is 6.61 Å². The Morgan fingerprint density at radius 3 is 2.73 bits per heavy atom. The first-order valence-corrected chi connectivity index (χ1v) is 7.04. The van der Waals surface area contributed by atoms with Crippen LogP contribution in [-0.2, 0) is 23.8 Å². The number of ether oxygens (including phenoxy) is 3. The summed E-state index contributed by atoms with van der Waals surface area (Å²) in [5.74, 6) is -1.08. The molecule has 2 aliphatic heterocycles. The topological polar surface area (TPSA) is 94.1 Å². The number of hydrogen-bond donors (Lipinski definition) is 2. The first-order chi connectivity index (χ1) is 10.6. The van der Waals surface area contributed by atoms with Crippen molar-refractivity contribution in [2.24, 2.45) is 0 Å². The normalized spacial score (nSPS) is 34.5. The maximum atomic E-state index is 11.7. The first kappa shape index (κ1) is 15.0. The Hall–Kier alpha value is -1.96. The molecule has 2 aliphatic rings. The van der Waals surface area contributed by atoms with Crippen LogP contribution in [0.2, 0.25) is 0 Å². The van der Waals surface area contributed by atoms with Crippen molar-refractivity contribution in [3.05, 3.63) is 35.9 Å². The summed E-state index contributed by atoms with van der Waals surface area (Å²) >= 11 is 0. The van der Waals surface area contributed by atoms with Crippen molar-refractivity contribution in [1.29, 1.82) is 0 Å². The molecule has 1 amide bonds. The predicted octanol–water partition coefficient (Wildman–Crippen LogP) is -0.108. The average molecular weight is 307 g/mol. The molecule has 5 atom stereocenters. The lowest BCUT2D eigenvalue weighted by Crippen LogP contribution is -2.47. The lowest BCUT2D eigenvalue weighted by Gasteiger charge is -2.20. The second-order valence-electron chi connectivity index (χ2n) is 5.32. The number of rotatable bonds is 3. The molecular weight excluding hydrogens is 290 g/mol. The van der Waals surface area contributed by atoms with Gasteiger partial charge < -0.3 is 24.6 Å². The summed E-state index contributed by atoms with van der Waals surface area (Å²) in [7, 11) is 0. The molecule has 0 radical (unpaired) electrons. The fourth-order valence-electron chi connectivity index (χ4n) is 2.64. The molecule has 1 unspecified atom stereocenters. The molecule has 0 spiro atoms. The van der Waals surface area contributed by atoms with E-state index in [1.165, 1.54) is 6.92 Å². The third kappa shape index (κ3) is 2.83. The number of carbonyl (C=O) groups is 2. The summed E-state index contributed by atoms with van der Waals surface area (Å²) < 4.78 is 16.4. The number of aliphatic hydroxyl groups is 1. The van der Waals surface area contributed by atoms with E-state index in [0.717, 1.165) is 5.56 Å². The maximum absolute atomic E-state index is 11.7. The van der Waals surface area contributed by atoms with Crippen molar-refractivity contribution in [2.45, 2.75) is 37.6 Å². The molecule has 7 heteroatoms. The number of benzene rings is 1. The zero-order valence-electron chi connectivity index (χ0n) is 12.0. The molecule has 2 fully saturated rings. The summed E-state index contributed by atoms with van der Waals surface area (Å²) in [6.45, 7) is 1.47. The zero-order chi connectivity index (χ0) is 15.7. The number of carbonyl (C=O) groups excluding carboxylic acids is 2. The van der Waals surface area contributed by atoms with Crippen molar-refractivity contribution in [3.63, 3.8) is 0 Å². The van der Waals surface area contributed by atoms with E-state index in [0.29, 0.717) is 0 Å². The van der Waals surface area contributed by atoms with Crippen LogP contribution in [0.15, 0.2) is 30.3 Å². The van der Waals surface area contributed by atoms with E-state index in [1.54, 1.807) is 0 Å². The molecular formula is C15H17NO6. The second-order valence-corrected chi connectivity index (χ2v) is 5.32. The average Bonchev–Trinajstić information content (AvgIpc) is 3.08. The quantitative estimate of drug-likeness (QED) is 0.757. The largest absolute Gasteiger partial charge is 0.455 e. The van der Waals surface area contributed by atoms with Crippen molar-refractivity contribution in [3.8, 4) is 0 Å². The van der Waals surface area contributed by atoms with Gasteiger partial charge in [0.2, 0.25) is 5.91 Å². The van der Waals surface area contributed by atoms with Crippen LogP contribution in [0, 0.1) is 0 Å². The van der Waals surface area contributed by atoms with Crippen LogP contribution in [0.1, 0.15) is 18.8 Å². The van der Waals surface area contributed by atoms with Gasteiger partial charge in [0.1, 0.15) is 12.2 Å². The SMILES string of the molecule is CC(=O)N[C@@H]1C(=O)O[C@H]([C@H]2COC(c3ccccc3)O2)[C@@H]1O. The van der Waals surface area contributed by atoms with Gasteiger partial charge in [-0.1, -0.05) is 30.3 Å². The van der Waals surface area contributed by atoms with Crippen molar-refractivity contribution in [1.82, 2.24) is 5.32 Å². The van der Waals surface area contributed by atoms with E-state index < -0.39 is 42.5 Å². The number of amides is 1. The molecule has 0 saturated carbocycles. The van der Waals surface area contributed by atoms with E-state index in [2.05, 4.69) is 5.32 Å². The van der Waals surface area contributed by atoms with Gasteiger partial charge in [0, 0.05) is 12.5 Å². The fraction of sp³-hybridized carbons (Fsp3) is 0.467. The highest BCUT2D eigenvalue weighted by atomic mass is 16.7. The lowest BCUT2D eigenvalue weighted by atomic mass is 10.0. The monoisotopic (exact) mass is 307 g/mol. The molecule has 2 heterocycles. The lowest BCUT2D eigenvalue weighted by molar-refractivity contribution is -0.150. The van der Waals surface area contributed by atoms with E-state index in [9.17, 15) is 14.7 Å². The first-order valence-electron chi connectivity index (χ1n) is 7.04. The van der Waals surface area contributed by atoms with Gasteiger partial charge in [-0.05, 0) is 0 Å². The Kier molecular flexibility index (Phi) is 4.10. The minimum absolute atomic E-state index is 0.196. The van der Waals surface area contributed by atoms with Gasteiger partial charge in [-0.3, -0.25) is 4.79 Å². The Labute approximate surface area is 127 Å². The summed E-state index contributed by atoms with van der Waals surface area (Å²) in [6, 6.07) is 8.28. The number of esters is 1. The molecule has 1 aromatic carbocycles. The van der Waals surface area contributed by atoms with Gasteiger partial charge in [0.25, 0.3) is 0 Å². The highest BCUT2D eigenvalue weighted by molar-refractivity contribution is 5.85. The zero-order valence-corrected chi connectivity index (χ0v) is 12.0. The Bertz CT molecular complexity index is 562. The molecule has 22 heavy (non-hydrogen) atoms. The molecule has 2 N–H and O–H groups in total. The van der Waals surface area contributed by atoms with Crippen LogP contribution < -0.4 is 5.32 Å². The molecule has 0 bridgehead atoms. The predicted molar refractivity (Wildman–Crippen MR) is 73.5 cm³/mol. The third-order valence-electron chi connectivity index (χ3n) is 3.69. The summed E-state index contributed by atoms with van der Waals surface area (Å²) in [5, 5.41) is 12.6. The van der Waals surface area contributed by atoms with E-state index in [4.69, 9.17) is 14.2 Å². The molecule has 7 nitrogen and oxygen atoms in total. The van der Waals surface area contributed by atoms with Gasteiger partial charge in [0.05, 0.1) is 6.61 Å². The van der Waals surface area contributed by atoms with Crippen LogP contribution in [0.5, 0.6) is 0 Å². The van der Waals surface area contributed by atoms with Gasteiger partial charge in [-0.15, -0.1) is 0 Å². The van der Waals surface area contributed by atoms with Crippen LogP contribution in [0.4, 0.5) is 0 Å². The summed E-state index contributed by atoms with van der Waals surface area (Å²) in [6.07, 6.45) is -3.17. The Balaban J connectivity index is 1.66. The van der Waals surface area contributed by atoms with Crippen LogP contribution in [0.3, 0.4) is 0 Å². The molecule has 1 aromatic rings. The van der Waals surface area contributed by atoms with Crippen molar-refractivity contribution >= 4 is 11.9 Å². The van der Waals surface area contributed by atoms with Crippen molar-refractivity contribution in [2.75, 3.05) is 6.61 Å². The van der Waals surface area contributed by atoms with Crippen LogP contribution in [-0.4, -0.2) is 47.9 Å². The minimum Gasteiger partial charge on any atom is -0.455 e. The molecule has 2 saturated heterocycles. The van der Waals surface area contributed by atoms with Crippen LogP contribution >= 0.6 is 0 Å². The Morgan fingerprint density at radius 1 is 1.32 bits per heavy atom. The number of cyclic esters (lactones) is 1. The van der Waals surface area contributed by atoms with Gasteiger partial charge in [-0.25, -0.2) is 4.79 Å². The maximum Gasteiger partial charge on any atom is 0.331 e. The minimum atomic E-state index is -1.17.